The molecule has 7 rings (SSSR count). The molecule has 0 aromatic carbocycles. The van der Waals surface area contributed by atoms with Gasteiger partial charge in [0.2, 0.25) is 11.6 Å². The van der Waals surface area contributed by atoms with Gasteiger partial charge in [-0.05, 0) is 77.9 Å². The Hall–Kier alpha value is -5.57. The van der Waals surface area contributed by atoms with Gasteiger partial charge < -0.3 is 18.8 Å². The van der Waals surface area contributed by atoms with Crippen LogP contribution in [0.4, 0.5) is 52.7 Å². The van der Waals surface area contributed by atoms with Gasteiger partial charge in [0.05, 0.1) is 16.9 Å². The summed E-state index contributed by atoms with van der Waals surface area (Å²) in [4.78, 5) is 7.12. The molecule has 1 aliphatic heterocycles. The van der Waals surface area contributed by atoms with Crippen LogP contribution in [-0.2, 0) is 9.31 Å². The molecule has 14 nitrogen and oxygen atoms in total. The molecule has 1 fully saturated rings. The number of hydrogen-bond donors (Lipinski definition) is 0. The summed E-state index contributed by atoms with van der Waals surface area (Å²) in [6.45, 7) is 8.82. The molecule has 0 N–H and O–H groups in total. The molecule has 0 amide bonds. The van der Waals surface area contributed by atoms with E-state index in [1.165, 1.54) is 30.5 Å². The topological polar surface area (TPSA) is 149 Å². The molecule has 0 aliphatic carbocycles. The van der Waals surface area contributed by atoms with Gasteiger partial charge in [0.1, 0.15) is 5.15 Å². The number of pyridine rings is 2. The van der Waals surface area contributed by atoms with E-state index in [0.29, 0.717) is 6.92 Å². The van der Waals surface area contributed by atoms with E-state index in [-0.39, 0.29) is 62.9 Å². The predicted octanol–water partition coefficient (Wildman–Crippen LogP) is 10.7. The molecule has 2 atom stereocenters. The number of fused-ring (bicyclic) bond motifs is 2. The molecule has 1 aliphatic rings. The third-order valence-corrected chi connectivity index (χ3v) is 9.09. The lowest BCUT2D eigenvalue weighted by Gasteiger charge is -2.32. The van der Waals surface area contributed by atoms with E-state index in [0.717, 1.165) is 34.3 Å². The van der Waals surface area contributed by atoms with Crippen molar-refractivity contribution in [1.82, 2.24) is 49.6 Å². The average Bonchev–Trinajstić information content (AvgIpc) is 3.85. The smallest absolute Gasteiger partial charge is 0.463 e. The van der Waals surface area contributed by atoms with Gasteiger partial charge in [-0.25, -0.2) is 36.3 Å². The van der Waals surface area contributed by atoms with Crippen LogP contribution in [0.3, 0.4) is 0 Å². The minimum atomic E-state index is -4.68. The van der Waals surface area contributed by atoms with Crippen molar-refractivity contribution in [2.45, 2.75) is 120 Å². The van der Waals surface area contributed by atoms with E-state index in [9.17, 15) is 52.7 Å². The van der Waals surface area contributed by atoms with Crippen LogP contribution in [0.25, 0.3) is 22.6 Å². The Bertz CT molecular complexity index is 2500. The first-order valence-corrected chi connectivity index (χ1v) is 17.9. The van der Waals surface area contributed by atoms with Crippen LogP contribution >= 0.6 is 11.6 Å². The predicted molar refractivity (Wildman–Crippen MR) is 219 cm³/mol. The van der Waals surface area contributed by atoms with E-state index in [4.69, 9.17) is 20.9 Å². The molecule has 0 unspecified atom stereocenters. The summed E-state index contributed by atoms with van der Waals surface area (Å²) in [5.41, 5.74) is -0.571. The normalized spacial score (nSPS) is 15.0. The lowest BCUT2D eigenvalue weighted by atomic mass is 9.80. The van der Waals surface area contributed by atoms with Crippen molar-refractivity contribution in [2.75, 3.05) is 0 Å². The maximum atomic E-state index is 14.0. The van der Waals surface area contributed by atoms with Gasteiger partial charge in [-0.15, -0.1) is 20.4 Å². The third-order valence-electron chi connectivity index (χ3n) is 8.89. The molecule has 6 aromatic rings. The highest BCUT2D eigenvalue weighted by atomic mass is 35.5. The molecule has 0 radical (unpaired) electrons. The summed E-state index contributed by atoms with van der Waals surface area (Å²) in [7, 11) is -0.851. The van der Waals surface area contributed by atoms with E-state index >= 15 is 0 Å². The van der Waals surface area contributed by atoms with E-state index in [1.54, 1.807) is 0 Å². The summed E-state index contributed by atoms with van der Waals surface area (Å²) in [5.74, 6) is -4.91. The highest BCUT2D eigenvalue weighted by molar-refractivity contribution is 6.62. The molecule has 0 saturated carbocycles. The zero-order valence-electron chi connectivity index (χ0n) is 32.5. The zero-order valence-corrected chi connectivity index (χ0v) is 33.3. The van der Waals surface area contributed by atoms with Crippen LogP contribution in [-0.4, -0.2) is 92.5 Å². The van der Waals surface area contributed by atoms with Crippen molar-refractivity contribution < 1.29 is 71.5 Å². The standard InChI is InChI=1S/C14H18BF4NO3.C14H9F6N5O.C6H3ClF2N4.4CH4/c1-8(14(17,18)19)21-11-10(16)6-9(7-20-11)15-22-12(2,3)13(4,5)23-15;1-6(14(18,19)20)26-13-8(15)4-7(5-21-13)9-2-3-10-22-23-12(11(16)17)25(10)24-9;7-3-1-2-4-10-11-6(5(8)9)13(4)12-3;;;;/h6-8H,1-5H3;2-6,11H,1H3;1-2,5H;4*1H4/t8-;6-;;;;;/m11...../s1. The molecule has 366 valence electrons. The number of alkyl halides is 10. The number of nitrogens with zero attached hydrogens (tertiary/aromatic N) is 10. The Morgan fingerprint density at radius 3 is 1.48 bits per heavy atom. The van der Waals surface area contributed by atoms with Gasteiger partial charge in [0.15, 0.2) is 35.1 Å². The molecule has 28 heteroatoms. The Morgan fingerprint density at radius 2 is 1.06 bits per heavy atom. The quantitative estimate of drug-likeness (QED) is 0.106. The van der Waals surface area contributed by atoms with Gasteiger partial charge in [-0.2, -0.15) is 45.6 Å². The van der Waals surface area contributed by atoms with Crippen LogP contribution < -0.4 is 14.9 Å². The highest BCUT2D eigenvalue weighted by Gasteiger charge is 2.52. The maximum absolute atomic E-state index is 14.0. The molecular weight excluding hydrogens is 935 g/mol. The minimum absolute atomic E-state index is 0. The Labute approximate surface area is 376 Å². The second kappa shape index (κ2) is 22.3. The van der Waals surface area contributed by atoms with Gasteiger partial charge in [0.25, 0.3) is 24.6 Å². The SMILES string of the molecule is C.C.C.C.C[C@@H](Oc1ncc(-c2ccc3nnc(C(F)F)n3n2)cc1F)C(F)(F)F.C[C@@H](Oc1ncc(B2OC(C)(C)C(C)(C)O2)cc1F)C(F)(F)F.FC(F)c1nnc2ccc(Cl)nn12. The van der Waals surface area contributed by atoms with Crippen LogP contribution in [0.5, 0.6) is 11.8 Å². The molecule has 0 spiro atoms. The van der Waals surface area contributed by atoms with Gasteiger partial charge in [-0.1, -0.05) is 41.3 Å². The van der Waals surface area contributed by atoms with Crippen LogP contribution in [0, 0.1) is 11.6 Å². The lowest BCUT2D eigenvalue weighted by molar-refractivity contribution is -0.190. The number of ether oxygens (including phenoxy) is 2. The first-order valence-electron chi connectivity index (χ1n) is 17.5. The maximum Gasteiger partial charge on any atom is 0.496 e. The Morgan fingerprint density at radius 1 is 0.636 bits per heavy atom. The molecule has 7 heterocycles. The lowest BCUT2D eigenvalue weighted by Crippen LogP contribution is -2.41. The number of rotatable bonds is 8. The van der Waals surface area contributed by atoms with Crippen molar-refractivity contribution in [3.8, 4) is 23.0 Å². The third kappa shape index (κ3) is 13.5. The van der Waals surface area contributed by atoms with Crippen molar-refractivity contribution in [1.29, 1.82) is 0 Å². The summed E-state index contributed by atoms with van der Waals surface area (Å²) < 4.78 is 175. The largest absolute Gasteiger partial charge is 0.496 e. The first-order chi connectivity index (χ1) is 28.7. The van der Waals surface area contributed by atoms with E-state index in [1.807, 2.05) is 27.7 Å². The zero-order chi connectivity index (χ0) is 46.1. The fourth-order valence-electron chi connectivity index (χ4n) is 4.77. The second-order valence-corrected chi connectivity index (χ2v) is 14.3. The molecule has 6 aromatic heterocycles. The summed E-state index contributed by atoms with van der Waals surface area (Å²) in [6, 6.07) is 7.46. The van der Waals surface area contributed by atoms with Crippen LogP contribution in [0.1, 0.15) is 95.7 Å². The monoisotopic (exact) mass is 980 g/mol. The van der Waals surface area contributed by atoms with Crippen molar-refractivity contribution in [2.24, 2.45) is 0 Å². The summed E-state index contributed by atoms with van der Waals surface area (Å²) in [5, 5.41) is 21.2. The van der Waals surface area contributed by atoms with Gasteiger partial charge in [-0.3, -0.25) is 0 Å². The first kappa shape index (κ1) is 58.5. The minimum Gasteiger partial charge on any atom is -0.463 e. The second-order valence-electron chi connectivity index (χ2n) is 13.9. The Balaban J connectivity index is 0.000000502. The van der Waals surface area contributed by atoms with E-state index < -0.39 is 90.8 Å². The molecule has 66 heavy (non-hydrogen) atoms. The van der Waals surface area contributed by atoms with Crippen LogP contribution in [0.15, 0.2) is 48.8 Å². The molecular formula is C38H46BClF12N10O4. The number of hydrogen-bond acceptors (Lipinski definition) is 12. The summed E-state index contributed by atoms with van der Waals surface area (Å²) >= 11 is 5.52. The van der Waals surface area contributed by atoms with Crippen molar-refractivity contribution in [3.05, 3.63) is 77.2 Å². The summed E-state index contributed by atoms with van der Waals surface area (Å²) in [6.07, 6.45) is -17.1. The molecule has 1 saturated heterocycles. The average molecular weight is 981 g/mol. The fourth-order valence-corrected chi connectivity index (χ4v) is 4.91. The highest BCUT2D eigenvalue weighted by Crippen LogP contribution is 2.37. The van der Waals surface area contributed by atoms with E-state index in [2.05, 4.69) is 50.0 Å². The number of aromatic nitrogens is 10. The van der Waals surface area contributed by atoms with Crippen LogP contribution in [0.2, 0.25) is 5.15 Å². The van der Waals surface area contributed by atoms with Gasteiger partial charge >= 0.3 is 19.5 Å². The fraction of sp³-hybridized carbons (Fsp3) is 0.474. The van der Waals surface area contributed by atoms with Crippen molar-refractivity contribution in [3.63, 3.8) is 0 Å². The Kier molecular flexibility index (Phi) is 19.7. The van der Waals surface area contributed by atoms with Gasteiger partial charge in [0, 0.05) is 23.4 Å². The number of halogens is 13. The molecule has 0 bridgehead atoms. The van der Waals surface area contributed by atoms with Crippen molar-refractivity contribution >= 4 is 35.5 Å².